The summed E-state index contributed by atoms with van der Waals surface area (Å²) in [4.78, 5) is 21.8. The van der Waals surface area contributed by atoms with Crippen molar-refractivity contribution < 1.29 is 24.2 Å². The number of nitrogens with one attached hydrogen (secondary N) is 2. The van der Waals surface area contributed by atoms with Gasteiger partial charge in [0, 0.05) is 18.7 Å². The van der Waals surface area contributed by atoms with Gasteiger partial charge in [-0.15, -0.1) is 0 Å². The molecule has 4 N–H and O–H groups in total. The van der Waals surface area contributed by atoms with E-state index in [0.717, 1.165) is 0 Å². The number of urea groups is 1. The van der Waals surface area contributed by atoms with Crippen LogP contribution in [-0.2, 0) is 4.79 Å². The standard InChI is InChI=1S/C12H15FN2O4/c1-7-6-8(13)2-3-9(7)15-12(19)14-5-4-10(16)11(17)18/h2-3,6,10,16H,4-5H2,1H3,(H,17,18)(H2,14,15,19)/t10-/m0/s1. The zero-order chi connectivity index (χ0) is 14.4. The number of aliphatic hydroxyl groups is 1. The van der Waals surface area contributed by atoms with E-state index in [0.29, 0.717) is 11.3 Å². The van der Waals surface area contributed by atoms with Crippen molar-refractivity contribution in [3.05, 3.63) is 29.6 Å². The first-order valence-corrected chi connectivity index (χ1v) is 5.62. The Hall–Kier alpha value is -2.15. The maximum atomic E-state index is 12.8. The van der Waals surface area contributed by atoms with E-state index in [9.17, 15) is 14.0 Å². The summed E-state index contributed by atoms with van der Waals surface area (Å²) in [6.07, 6.45) is -1.60. The molecule has 0 aliphatic heterocycles. The average Bonchev–Trinajstić information content (AvgIpc) is 2.32. The van der Waals surface area contributed by atoms with Crippen molar-refractivity contribution in [3.63, 3.8) is 0 Å². The van der Waals surface area contributed by atoms with Crippen molar-refractivity contribution in [1.29, 1.82) is 0 Å². The van der Waals surface area contributed by atoms with Crippen LogP contribution >= 0.6 is 0 Å². The third-order valence-corrected chi connectivity index (χ3v) is 2.43. The van der Waals surface area contributed by atoms with Gasteiger partial charge in [0.2, 0.25) is 0 Å². The number of anilines is 1. The summed E-state index contributed by atoms with van der Waals surface area (Å²) in [7, 11) is 0. The number of carboxylic acid groups (broad SMARTS) is 1. The molecule has 1 aromatic rings. The first-order valence-electron chi connectivity index (χ1n) is 5.62. The number of hydrogen-bond donors (Lipinski definition) is 4. The molecule has 0 aliphatic carbocycles. The monoisotopic (exact) mass is 270 g/mol. The highest BCUT2D eigenvalue weighted by Crippen LogP contribution is 2.15. The molecule has 6 nitrogen and oxygen atoms in total. The van der Waals surface area contributed by atoms with Crippen molar-refractivity contribution in [1.82, 2.24) is 5.32 Å². The summed E-state index contributed by atoms with van der Waals surface area (Å²) < 4.78 is 12.8. The molecule has 0 fully saturated rings. The predicted molar refractivity (Wildman–Crippen MR) is 66.4 cm³/mol. The third kappa shape index (κ3) is 4.92. The first kappa shape index (κ1) is 14.9. The van der Waals surface area contributed by atoms with E-state index in [1.54, 1.807) is 6.92 Å². The maximum Gasteiger partial charge on any atom is 0.332 e. The van der Waals surface area contributed by atoms with Crippen molar-refractivity contribution in [2.45, 2.75) is 19.4 Å². The fourth-order valence-corrected chi connectivity index (χ4v) is 1.38. The number of aryl methyl sites for hydroxylation is 1. The number of carbonyl (C=O) groups excluding carboxylic acids is 1. The molecule has 0 aromatic heterocycles. The number of carboxylic acids is 1. The highest BCUT2D eigenvalue weighted by Gasteiger charge is 2.13. The molecule has 7 heteroatoms. The highest BCUT2D eigenvalue weighted by molar-refractivity contribution is 5.90. The van der Waals surface area contributed by atoms with E-state index in [-0.39, 0.29) is 13.0 Å². The second-order valence-corrected chi connectivity index (χ2v) is 3.98. The van der Waals surface area contributed by atoms with Crippen LogP contribution in [0.25, 0.3) is 0 Å². The highest BCUT2D eigenvalue weighted by atomic mass is 19.1. The van der Waals surface area contributed by atoms with Gasteiger partial charge in [0.05, 0.1) is 0 Å². The van der Waals surface area contributed by atoms with Gasteiger partial charge < -0.3 is 20.8 Å². The van der Waals surface area contributed by atoms with Gasteiger partial charge in [0.25, 0.3) is 0 Å². The number of benzene rings is 1. The number of halogens is 1. The minimum Gasteiger partial charge on any atom is -0.479 e. The molecule has 0 heterocycles. The van der Waals surface area contributed by atoms with E-state index in [2.05, 4.69) is 10.6 Å². The van der Waals surface area contributed by atoms with E-state index in [1.807, 2.05) is 0 Å². The predicted octanol–water partition coefficient (Wildman–Crippen LogP) is 1.09. The van der Waals surface area contributed by atoms with Gasteiger partial charge in [0.1, 0.15) is 5.82 Å². The molecule has 0 unspecified atom stereocenters. The van der Waals surface area contributed by atoms with Gasteiger partial charge in [-0.2, -0.15) is 0 Å². The fraction of sp³-hybridized carbons (Fsp3) is 0.333. The lowest BCUT2D eigenvalue weighted by molar-refractivity contribution is -0.146. The van der Waals surface area contributed by atoms with Crippen LogP contribution in [0.15, 0.2) is 18.2 Å². The molecule has 1 aromatic carbocycles. The molecule has 0 saturated carbocycles. The molecule has 1 rings (SSSR count). The summed E-state index contributed by atoms with van der Waals surface area (Å²) in [6, 6.07) is 3.38. The van der Waals surface area contributed by atoms with Gasteiger partial charge >= 0.3 is 12.0 Å². The molecule has 2 amide bonds. The minimum absolute atomic E-state index is 0.0134. The maximum absolute atomic E-state index is 12.8. The number of amides is 2. The summed E-state index contributed by atoms with van der Waals surface area (Å²) >= 11 is 0. The fourth-order valence-electron chi connectivity index (χ4n) is 1.38. The average molecular weight is 270 g/mol. The van der Waals surface area contributed by atoms with E-state index in [1.165, 1.54) is 18.2 Å². The smallest absolute Gasteiger partial charge is 0.332 e. The van der Waals surface area contributed by atoms with Crippen LogP contribution in [0.4, 0.5) is 14.9 Å². The minimum atomic E-state index is -1.51. The Kier molecular flexibility index (Phi) is 5.25. The van der Waals surface area contributed by atoms with Crippen molar-refractivity contribution in [2.24, 2.45) is 0 Å². The number of rotatable bonds is 5. The van der Waals surface area contributed by atoms with Crippen LogP contribution in [-0.4, -0.2) is 34.9 Å². The first-order chi connectivity index (χ1) is 8.90. The second-order valence-electron chi connectivity index (χ2n) is 3.98. The molecular weight excluding hydrogens is 255 g/mol. The lowest BCUT2D eigenvalue weighted by atomic mass is 10.2. The Morgan fingerprint density at radius 3 is 2.68 bits per heavy atom. The van der Waals surface area contributed by atoms with E-state index in [4.69, 9.17) is 10.2 Å². The van der Waals surface area contributed by atoms with E-state index >= 15 is 0 Å². The Bertz CT molecular complexity index is 479. The molecule has 0 aliphatic rings. The quantitative estimate of drug-likeness (QED) is 0.643. The van der Waals surface area contributed by atoms with Crippen LogP contribution < -0.4 is 10.6 Å². The molecule has 1 atom stereocenters. The summed E-state index contributed by atoms with van der Waals surface area (Å²) in [5.41, 5.74) is 1.03. The molecule has 19 heavy (non-hydrogen) atoms. The molecule has 104 valence electrons. The lowest BCUT2D eigenvalue weighted by Crippen LogP contribution is -2.33. The number of aliphatic carboxylic acids is 1. The molecule has 0 spiro atoms. The van der Waals surface area contributed by atoms with E-state index < -0.39 is 23.9 Å². The van der Waals surface area contributed by atoms with Crippen molar-refractivity contribution >= 4 is 17.7 Å². The van der Waals surface area contributed by atoms with Crippen LogP contribution in [0.1, 0.15) is 12.0 Å². The zero-order valence-electron chi connectivity index (χ0n) is 10.3. The number of hydrogen-bond acceptors (Lipinski definition) is 3. The topological polar surface area (TPSA) is 98.7 Å². The van der Waals surface area contributed by atoms with Crippen molar-refractivity contribution in [2.75, 3.05) is 11.9 Å². The number of aliphatic hydroxyl groups excluding tert-OH is 1. The summed E-state index contributed by atoms with van der Waals surface area (Å²) in [5, 5.41) is 22.3. The van der Waals surface area contributed by atoms with Gasteiger partial charge in [0.15, 0.2) is 6.10 Å². The molecular formula is C12H15FN2O4. The second kappa shape index (κ2) is 6.69. The SMILES string of the molecule is Cc1cc(F)ccc1NC(=O)NCC[C@H](O)C(=O)O. The van der Waals surface area contributed by atoms with Crippen LogP contribution in [0.5, 0.6) is 0 Å². The largest absolute Gasteiger partial charge is 0.479 e. The molecule has 0 radical (unpaired) electrons. The Balaban J connectivity index is 2.41. The zero-order valence-corrected chi connectivity index (χ0v) is 10.3. The van der Waals surface area contributed by atoms with Crippen LogP contribution in [0, 0.1) is 12.7 Å². The van der Waals surface area contributed by atoms with Crippen molar-refractivity contribution in [3.8, 4) is 0 Å². The Labute approximate surface area is 109 Å². The van der Waals surface area contributed by atoms with Gasteiger partial charge in [-0.1, -0.05) is 0 Å². The molecule has 0 bridgehead atoms. The normalized spacial score (nSPS) is 11.7. The van der Waals surface area contributed by atoms with Crippen LogP contribution in [0.3, 0.4) is 0 Å². The number of carbonyl (C=O) groups is 2. The Morgan fingerprint density at radius 2 is 2.11 bits per heavy atom. The third-order valence-electron chi connectivity index (χ3n) is 2.43. The van der Waals surface area contributed by atoms with Gasteiger partial charge in [-0.05, 0) is 30.7 Å². The lowest BCUT2D eigenvalue weighted by Gasteiger charge is -2.10. The van der Waals surface area contributed by atoms with Gasteiger partial charge in [-0.3, -0.25) is 0 Å². The summed E-state index contributed by atoms with van der Waals surface area (Å²) in [5.74, 6) is -1.73. The summed E-state index contributed by atoms with van der Waals surface area (Å²) in [6.45, 7) is 1.66. The molecule has 0 saturated heterocycles. The van der Waals surface area contributed by atoms with Gasteiger partial charge in [-0.25, -0.2) is 14.0 Å². The Morgan fingerprint density at radius 1 is 1.42 bits per heavy atom. The van der Waals surface area contributed by atoms with Crippen LogP contribution in [0.2, 0.25) is 0 Å².